The van der Waals surface area contributed by atoms with Crippen molar-refractivity contribution in [3.8, 4) is 0 Å². The smallest absolute Gasteiger partial charge is 0.759 e. The zero-order valence-electron chi connectivity index (χ0n) is 7.84. The summed E-state index contributed by atoms with van der Waals surface area (Å²) in [5, 5.41) is 0. The minimum atomic E-state index is -5.17. The third-order valence-electron chi connectivity index (χ3n) is 0. The molecule has 0 unspecified atom stereocenters. The van der Waals surface area contributed by atoms with Crippen molar-refractivity contribution in [2.24, 2.45) is 0 Å². The monoisotopic (exact) mass is 529 g/mol. The molecule has 12 nitrogen and oxygen atoms in total. The zero-order chi connectivity index (χ0) is 13.5. The average molecular weight is 530 g/mol. The molecule has 0 fully saturated rings. The van der Waals surface area contributed by atoms with Crippen molar-refractivity contribution < 1.29 is 116 Å². The first kappa shape index (κ1) is 36.7. The van der Waals surface area contributed by atoms with Crippen LogP contribution in [-0.2, 0) is 95.0 Å². The van der Waals surface area contributed by atoms with E-state index in [0.717, 1.165) is 0 Å². The van der Waals surface area contributed by atoms with E-state index in [1.165, 1.54) is 0 Å². The maximum Gasteiger partial charge on any atom is 2.00 e. The molecule has 0 heterocycles. The number of rotatable bonds is 0. The minimum absolute atomic E-state index is 0. The Labute approximate surface area is 146 Å². The zero-order valence-corrected chi connectivity index (χ0v) is 18.2. The van der Waals surface area contributed by atoms with Gasteiger partial charge in [-0.1, -0.05) is 0 Å². The SMILES string of the molecule is O=S(=O)([O-])[O-].O=S(=O)([O-])[O-].O=S(=O)([O-])[O-].[Cd+2].[Cu+2].[Zn+2]. The van der Waals surface area contributed by atoms with Crippen LogP contribution in [0.4, 0.5) is 0 Å². The third-order valence-corrected chi connectivity index (χ3v) is 0. The molecule has 0 aliphatic heterocycles. The van der Waals surface area contributed by atoms with Crippen LogP contribution in [0.2, 0.25) is 0 Å². The minimum Gasteiger partial charge on any atom is -0.759 e. The van der Waals surface area contributed by atoms with Crippen molar-refractivity contribution in [1.29, 1.82) is 0 Å². The molecule has 0 amide bonds. The summed E-state index contributed by atoms with van der Waals surface area (Å²) in [4.78, 5) is 0. The van der Waals surface area contributed by atoms with Crippen LogP contribution in [0.3, 0.4) is 0 Å². The van der Waals surface area contributed by atoms with Gasteiger partial charge in [-0.15, -0.1) is 0 Å². The average Bonchev–Trinajstić information content (AvgIpc) is 1.41. The van der Waals surface area contributed by atoms with Gasteiger partial charge in [0, 0.05) is 31.2 Å². The van der Waals surface area contributed by atoms with Crippen LogP contribution in [-0.4, -0.2) is 52.6 Å². The van der Waals surface area contributed by atoms with Gasteiger partial charge in [0.05, 0.1) is 0 Å². The molecule has 0 aromatic carbocycles. The Hall–Kier alpha value is 1.67. The van der Waals surface area contributed by atoms with Crippen molar-refractivity contribution in [2.45, 2.75) is 0 Å². The molecule has 0 bridgehead atoms. The van der Waals surface area contributed by atoms with Crippen molar-refractivity contribution in [1.82, 2.24) is 0 Å². The molecule has 18 heteroatoms. The van der Waals surface area contributed by atoms with E-state index in [1.54, 1.807) is 0 Å². The fraction of sp³-hybridized carbons (Fsp3) is 0. The quantitative estimate of drug-likeness (QED) is 0.165. The summed E-state index contributed by atoms with van der Waals surface area (Å²) in [6.45, 7) is 0. The molecule has 0 saturated carbocycles. The standard InChI is InChI=1S/Cd.Cu.3H2O4S.Zn/c;;3*1-5(2,3)4;/h;;3*(H2,1,2,3,4);/q2*+2;;;;+2/p-6. The van der Waals surface area contributed by atoms with Crippen LogP contribution in [0, 0.1) is 0 Å². The van der Waals surface area contributed by atoms with Gasteiger partial charge < -0.3 is 27.3 Å². The van der Waals surface area contributed by atoms with E-state index in [1.807, 2.05) is 0 Å². The number of hydrogen-bond acceptors (Lipinski definition) is 12. The Kier molecular flexibility index (Phi) is 30.7. The second kappa shape index (κ2) is 15.1. The van der Waals surface area contributed by atoms with E-state index < -0.39 is 31.2 Å². The van der Waals surface area contributed by atoms with Crippen molar-refractivity contribution >= 4 is 31.2 Å². The van der Waals surface area contributed by atoms with Gasteiger partial charge in [-0.25, -0.2) is 0 Å². The summed E-state index contributed by atoms with van der Waals surface area (Å²) in [6.07, 6.45) is 0. The molecule has 0 aliphatic carbocycles. The molecule has 18 heavy (non-hydrogen) atoms. The molecular weight excluding hydrogens is 530 g/mol. The van der Waals surface area contributed by atoms with E-state index in [2.05, 4.69) is 0 Å². The first-order valence-corrected chi connectivity index (χ1v) is 6.00. The van der Waals surface area contributed by atoms with Crippen LogP contribution in [0.1, 0.15) is 0 Å². The predicted octanol–water partition coefficient (Wildman–Crippen LogP) is -4.02. The maximum absolute atomic E-state index is 8.52. The Morgan fingerprint density at radius 1 is 0.500 bits per heavy atom. The Morgan fingerprint density at radius 2 is 0.500 bits per heavy atom. The second-order valence-corrected chi connectivity index (χ2v) is 3.67. The van der Waals surface area contributed by atoms with Gasteiger partial charge in [-0.2, -0.15) is 0 Å². The van der Waals surface area contributed by atoms with Gasteiger partial charge in [0.25, 0.3) is 0 Å². The third kappa shape index (κ3) is 1750. The van der Waals surface area contributed by atoms with E-state index >= 15 is 0 Å². The topological polar surface area (TPSA) is 241 Å². The second-order valence-electron chi connectivity index (χ2n) is 1.22. The molecule has 105 valence electrons. The fourth-order valence-electron chi connectivity index (χ4n) is 0. The van der Waals surface area contributed by atoms with Gasteiger partial charge in [0.15, 0.2) is 0 Å². The summed E-state index contributed by atoms with van der Waals surface area (Å²) in [6, 6.07) is 0. The maximum atomic E-state index is 8.52. The van der Waals surface area contributed by atoms with Gasteiger partial charge >= 0.3 is 63.8 Å². The number of hydrogen-bond donors (Lipinski definition) is 0. The summed E-state index contributed by atoms with van der Waals surface area (Å²) >= 11 is 0. The molecule has 1 radical (unpaired) electrons. The molecule has 0 aliphatic rings. The summed E-state index contributed by atoms with van der Waals surface area (Å²) < 4.78 is 102. The first-order chi connectivity index (χ1) is 6.00. The van der Waals surface area contributed by atoms with Crippen LogP contribution >= 0.6 is 0 Å². The van der Waals surface area contributed by atoms with E-state index in [-0.39, 0.29) is 63.8 Å². The Balaban J connectivity index is -0.0000000277. The molecule has 0 spiro atoms. The van der Waals surface area contributed by atoms with Crippen LogP contribution < -0.4 is 0 Å². The molecular formula is CdCuO12S3Zn. The van der Waals surface area contributed by atoms with E-state index in [0.29, 0.717) is 0 Å². The van der Waals surface area contributed by atoms with Crippen molar-refractivity contribution in [3.05, 3.63) is 0 Å². The largest absolute Gasteiger partial charge is 2.00 e. The van der Waals surface area contributed by atoms with Gasteiger partial charge in [0.1, 0.15) is 0 Å². The van der Waals surface area contributed by atoms with Crippen LogP contribution in [0.5, 0.6) is 0 Å². The van der Waals surface area contributed by atoms with Gasteiger partial charge in [0.2, 0.25) is 0 Å². The summed E-state index contributed by atoms with van der Waals surface area (Å²) in [5.74, 6) is 0. The van der Waals surface area contributed by atoms with Gasteiger partial charge in [-0.3, -0.25) is 25.3 Å². The van der Waals surface area contributed by atoms with Crippen LogP contribution in [0.15, 0.2) is 0 Å². The normalized spacial score (nSPS) is 9.67. The fourth-order valence-corrected chi connectivity index (χ4v) is 0. The summed E-state index contributed by atoms with van der Waals surface area (Å²) in [7, 11) is -15.5. The molecule has 0 aromatic heterocycles. The van der Waals surface area contributed by atoms with Gasteiger partial charge in [-0.05, 0) is 0 Å². The molecule has 0 rings (SSSR count). The molecule has 0 atom stereocenters. The van der Waals surface area contributed by atoms with Crippen LogP contribution in [0.25, 0.3) is 0 Å². The Bertz CT molecular complexity index is 348. The predicted molar refractivity (Wildman–Crippen MR) is 31.4 cm³/mol. The molecule has 0 N–H and O–H groups in total. The van der Waals surface area contributed by atoms with E-state index in [4.69, 9.17) is 52.6 Å². The van der Waals surface area contributed by atoms with E-state index in [9.17, 15) is 0 Å². The first-order valence-electron chi connectivity index (χ1n) is 2.00. The van der Waals surface area contributed by atoms with Crippen molar-refractivity contribution in [3.63, 3.8) is 0 Å². The van der Waals surface area contributed by atoms with Crippen molar-refractivity contribution in [2.75, 3.05) is 0 Å². The molecule has 0 saturated heterocycles. The molecule has 0 aromatic rings. The summed E-state index contributed by atoms with van der Waals surface area (Å²) in [5.41, 5.74) is 0. The Morgan fingerprint density at radius 3 is 0.500 bits per heavy atom.